The summed E-state index contributed by atoms with van der Waals surface area (Å²) in [5.74, 6) is 1.10. The first-order chi connectivity index (χ1) is 9.70. The van der Waals surface area contributed by atoms with Crippen molar-refractivity contribution in [2.75, 3.05) is 26.2 Å². The van der Waals surface area contributed by atoms with Crippen LogP contribution in [0, 0.1) is 17.2 Å². The molecule has 1 unspecified atom stereocenters. The standard InChI is InChI=1S/C16H27N3O/c1-14(13-17)18-9-11-19(12-10-18)16(20)8-7-15-5-3-2-4-6-15/h14-15H,2-12H2,1H3. The van der Waals surface area contributed by atoms with Crippen molar-refractivity contribution in [3.63, 3.8) is 0 Å². The van der Waals surface area contributed by atoms with E-state index in [1.165, 1.54) is 32.1 Å². The van der Waals surface area contributed by atoms with E-state index in [4.69, 9.17) is 5.26 Å². The summed E-state index contributed by atoms with van der Waals surface area (Å²) in [6.45, 7) is 5.18. The molecule has 1 aliphatic heterocycles. The van der Waals surface area contributed by atoms with Crippen LogP contribution in [0.15, 0.2) is 0 Å². The Kier molecular flexibility index (Phi) is 5.85. The van der Waals surface area contributed by atoms with Crippen LogP contribution in [0.2, 0.25) is 0 Å². The molecule has 2 rings (SSSR count). The van der Waals surface area contributed by atoms with Gasteiger partial charge in [0, 0.05) is 32.6 Å². The van der Waals surface area contributed by atoms with Gasteiger partial charge in [0.25, 0.3) is 0 Å². The minimum Gasteiger partial charge on any atom is -0.340 e. The molecule has 1 saturated carbocycles. The minimum absolute atomic E-state index is 0.0329. The molecule has 2 fully saturated rings. The zero-order valence-electron chi connectivity index (χ0n) is 12.7. The van der Waals surface area contributed by atoms with Crippen LogP contribution in [0.3, 0.4) is 0 Å². The monoisotopic (exact) mass is 277 g/mol. The van der Waals surface area contributed by atoms with Gasteiger partial charge in [0.2, 0.25) is 5.91 Å². The fourth-order valence-corrected chi connectivity index (χ4v) is 3.40. The van der Waals surface area contributed by atoms with Gasteiger partial charge in [-0.2, -0.15) is 5.26 Å². The predicted molar refractivity (Wildman–Crippen MR) is 79.0 cm³/mol. The van der Waals surface area contributed by atoms with Crippen LogP contribution < -0.4 is 0 Å². The molecule has 1 heterocycles. The lowest BCUT2D eigenvalue weighted by molar-refractivity contribution is -0.133. The third-order valence-corrected chi connectivity index (χ3v) is 4.89. The topological polar surface area (TPSA) is 47.3 Å². The predicted octanol–water partition coefficient (Wildman–Crippen LogP) is 2.40. The molecule has 2 aliphatic rings. The molecule has 4 nitrogen and oxygen atoms in total. The van der Waals surface area contributed by atoms with Crippen LogP contribution >= 0.6 is 0 Å². The van der Waals surface area contributed by atoms with Gasteiger partial charge in [-0.25, -0.2) is 0 Å². The highest BCUT2D eigenvalue weighted by Crippen LogP contribution is 2.27. The van der Waals surface area contributed by atoms with Crippen LogP contribution in [-0.4, -0.2) is 47.9 Å². The molecular weight excluding hydrogens is 250 g/mol. The second-order valence-electron chi connectivity index (χ2n) is 6.26. The Hall–Kier alpha value is -1.08. The van der Waals surface area contributed by atoms with Gasteiger partial charge in [-0.15, -0.1) is 0 Å². The molecule has 4 heteroatoms. The number of hydrogen-bond acceptors (Lipinski definition) is 3. The molecule has 0 aromatic heterocycles. The van der Waals surface area contributed by atoms with Gasteiger partial charge >= 0.3 is 0 Å². The van der Waals surface area contributed by atoms with Crippen molar-refractivity contribution in [3.8, 4) is 6.07 Å². The maximum Gasteiger partial charge on any atom is 0.222 e. The summed E-state index contributed by atoms with van der Waals surface area (Å²) in [4.78, 5) is 16.4. The number of nitriles is 1. The van der Waals surface area contributed by atoms with Crippen molar-refractivity contribution >= 4 is 5.91 Å². The number of carbonyl (C=O) groups is 1. The second-order valence-corrected chi connectivity index (χ2v) is 6.26. The Morgan fingerprint density at radius 1 is 1.20 bits per heavy atom. The summed E-state index contributed by atoms with van der Waals surface area (Å²) in [6, 6.07) is 2.24. The molecule has 112 valence electrons. The Morgan fingerprint density at radius 3 is 2.45 bits per heavy atom. The Morgan fingerprint density at radius 2 is 1.85 bits per heavy atom. The van der Waals surface area contributed by atoms with E-state index in [0.717, 1.165) is 44.9 Å². The average molecular weight is 277 g/mol. The summed E-state index contributed by atoms with van der Waals surface area (Å²) in [5.41, 5.74) is 0. The lowest BCUT2D eigenvalue weighted by Crippen LogP contribution is -2.51. The van der Waals surface area contributed by atoms with E-state index in [9.17, 15) is 4.79 Å². The first kappa shape index (κ1) is 15.3. The molecule has 1 saturated heterocycles. The van der Waals surface area contributed by atoms with E-state index in [2.05, 4.69) is 11.0 Å². The SMILES string of the molecule is CC(C#N)N1CCN(C(=O)CCC2CCCCC2)CC1. The Balaban J connectivity index is 1.68. The van der Waals surface area contributed by atoms with E-state index in [-0.39, 0.29) is 6.04 Å². The molecule has 1 amide bonds. The number of nitrogens with zero attached hydrogens (tertiary/aromatic N) is 3. The highest BCUT2D eigenvalue weighted by atomic mass is 16.2. The third kappa shape index (κ3) is 4.21. The molecule has 0 spiro atoms. The van der Waals surface area contributed by atoms with E-state index in [1.807, 2.05) is 11.8 Å². The molecule has 0 aromatic carbocycles. The van der Waals surface area contributed by atoms with Crippen LogP contribution in [0.25, 0.3) is 0 Å². The van der Waals surface area contributed by atoms with Crippen LogP contribution in [0.5, 0.6) is 0 Å². The van der Waals surface area contributed by atoms with Gasteiger partial charge in [-0.05, 0) is 19.3 Å². The zero-order chi connectivity index (χ0) is 14.4. The molecule has 0 N–H and O–H groups in total. The van der Waals surface area contributed by atoms with Gasteiger partial charge in [0.15, 0.2) is 0 Å². The highest BCUT2D eigenvalue weighted by molar-refractivity contribution is 5.76. The quantitative estimate of drug-likeness (QED) is 0.793. The second kappa shape index (κ2) is 7.64. The largest absolute Gasteiger partial charge is 0.340 e. The Labute approximate surface area is 122 Å². The van der Waals surface area contributed by atoms with Gasteiger partial charge in [0.05, 0.1) is 12.1 Å². The van der Waals surface area contributed by atoms with Crippen molar-refractivity contribution in [2.24, 2.45) is 5.92 Å². The summed E-state index contributed by atoms with van der Waals surface area (Å²) in [5, 5.41) is 8.92. The van der Waals surface area contributed by atoms with Gasteiger partial charge in [-0.1, -0.05) is 32.1 Å². The molecule has 1 aliphatic carbocycles. The smallest absolute Gasteiger partial charge is 0.222 e. The van der Waals surface area contributed by atoms with Gasteiger partial charge < -0.3 is 4.90 Å². The molecule has 0 bridgehead atoms. The minimum atomic E-state index is -0.0329. The van der Waals surface area contributed by atoms with Crippen molar-refractivity contribution < 1.29 is 4.79 Å². The summed E-state index contributed by atoms with van der Waals surface area (Å²) in [6.07, 6.45) is 8.52. The molecule has 0 radical (unpaired) electrons. The van der Waals surface area contributed by atoms with E-state index in [0.29, 0.717) is 5.91 Å². The zero-order valence-corrected chi connectivity index (χ0v) is 12.7. The maximum atomic E-state index is 12.2. The molecular formula is C16H27N3O. The van der Waals surface area contributed by atoms with Crippen LogP contribution in [0.4, 0.5) is 0 Å². The van der Waals surface area contributed by atoms with E-state index >= 15 is 0 Å². The number of amides is 1. The summed E-state index contributed by atoms with van der Waals surface area (Å²) < 4.78 is 0. The van der Waals surface area contributed by atoms with Crippen LogP contribution in [-0.2, 0) is 4.79 Å². The summed E-state index contributed by atoms with van der Waals surface area (Å²) in [7, 11) is 0. The van der Waals surface area contributed by atoms with Crippen molar-refractivity contribution in [3.05, 3.63) is 0 Å². The lowest BCUT2D eigenvalue weighted by Gasteiger charge is -2.36. The lowest BCUT2D eigenvalue weighted by atomic mass is 9.86. The first-order valence-electron chi connectivity index (χ1n) is 8.12. The molecule has 20 heavy (non-hydrogen) atoms. The van der Waals surface area contributed by atoms with E-state index < -0.39 is 0 Å². The fourth-order valence-electron chi connectivity index (χ4n) is 3.40. The maximum absolute atomic E-state index is 12.2. The van der Waals surface area contributed by atoms with Gasteiger partial charge in [-0.3, -0.25) is 9.69 Å². The van der Waals surface area contributed by atoms with Crippen molar-refractivity contribution in [2.45, 2.75) is 57.9 Å². The Bertz CT molecular complexity index is 349. The normalized spacial score (nSPS) is 23.3. The highest BCUT2D eigenvalue weighted by Gasteiger charge is 2.24. The third-order valence-electron chi connectivity index (χ3n) is 4.89. The van der Waals surface area contributed by atoms with E-state index in [1.54, 1.807) is 0 Å². The average Bonchev–Trinajstić information content (AvgIpc) is 2.53. The number of hydrogen-bond donors (Lipinski definition) is 0. The number of rotatable bonds is 4. The number of carbonyl (C=O) groups excluding carboxylic acids is 1. The van der Waals surface area contributed by atoms with Gasteiger partial charge in [0.1, 0.15) is 0 Å². The first-order valence-corrected chi connectivity index (χ1v) is 8.12. The summed E-state index contributed by atoms with van der Waals surface area (Å²) >= 11 is 0. The molecule has 1 atom stereocenters. The van der Waals surface area contributed by atoms with Crippen LogP contribution in [0.1, 0.15) is 51.9 Å². The van der Waals surface area contributed by atoms with Crippen molar-refractivity contribution in [1.82, 2.24) is 9.80 Å². The number of piperazine rings is 1. The fraction of sp³-hybridized carbons (Fsp3) is 0.875. The van der Waals surface area contributed by atoms with Crippen molar-refractivity contribution in [1.29, 1.82) is 5.26 Å². The molecule has 0 aromatic rings.